The molecule has 2 bridgehead atoms. The number of nitrogens with zero attached hydrogens (tertiary/aromatic N) is 2. The lowest BCUT2D eigenvalue weighted by molar-refractivity contribution is -0.142. The number of fused-ring (bicyclic) bond motifs is 4. The van der Waals surface area contributed by atoms with Crippen molar-refractivity contribution in [2.24, 2.45) is 5.92 Å². The molecule has 29 heavy (non-hydrogen) atoms. The van der Waals surface area contributed by atoms with Crippen LogP contribution in [0, 0.1) is 5.92 Å². The van der Waals surface area contributed by atoms with E-state index in [0.717, 1.165) is 17.7 Å². The highest BCUT2D eigenvalue weighted by Crippen LogP contribution is 2.35. The smallest absolute Gasteiger partial charge is 0.321 e. The minimum Gasteiger partial charge on any atom is -0.466 e. The average molecular weight is 395 g/mol. The van der Waals surface area contributed by atoms with Gasteiger partial charge in [-0.05, 0) is 43.0 Å². The molecule has 2 atom stereocenters. The summed E-state index contributed by atoms with van der Waals surface area (Å²) >= 11 is 0. The summed E-state index contributed by atoms with van der Waals surface area (Å²) in [5.41, 5.74) is 2.60. The van der Waals surface area contributed by atoms with Crippen molar-refractivity contribution in [1.82, 2.24) is 9.47 Å². The highest BCUT2D eigenvalue weighted by molar-refractivity contribution is 5.89. The van der Waals surface area contributed by atoms with Crippen LogP contribution in [-0.4, -0.2) is 41.2 Å². The van der Waals surface area contributed by atoms with E-state index in [9.17, 15) is 14.4 Å². The van der Waals surface area contributed by atoms with Crippen LogP contribution < -0.4 is 10.9 Å². The third-order valence-electron chi connectivity index (χ3n) is 5.63. The maximum Gasteiger partial charge on any atom is 0.321 e. The zero-order valence-electron chi connectivity index (χ0n) is 16.5. The van der Waals surface area contributed by atoms with Gasteiger partial charge in [-0.1, -0.05) is 18.2 Å². The average Bonchev–Trinajstić information content (AvgIpc) is 2.70. The molecular formula is C22H25N3O4. The van der Waals surface area contributed by atoms with Gasteiger partial charge < -0.3 is 19.5 Å². The highest BCUT2D eigenvalue weighted by Gasteiger charge is 2.36. The molecule has 2 aliphatic rings. The van der Waals surface area contributed by atoms with Gasteiger partial charge in [0.2, 0.25) is 0 Å². The predicted molar refractivity (Wildman–Crippen MR) is 109 cm³/mol. The minimum absolute atomic E-state index is 0.0398. The number of nitrogens with one attached hydrogen (secondary N) is 1. The number of esters is 1. The molecule has 7 heteroatoms. The number of likely N-dealkylation sites (tertiary alicyclic amines) is 1. The lowest BCUT2D eigenvalue weighted by atomic mass is 9.83. The Labute approximate surface area is 169 Å². The van der Waals surface area contributed by atoms with Crippen LogP contribution in [0.4, 0.5) is 10.5 Å². The van der Waals surface area contributed by atoms with Gasteiger partial charge in [-0.3, -0.25) is 9.59 Å². The number of rotatable bonds is 4. The molecule has 2 amide bonds. The fourth-order valence-electron chi connectivity index (χ4n) is 4.35. The van der Waals surface area contributed by atoms with Gasteiger partial charge in [0.05, 0.1) is 13.0 Å². The topological polar surface area (TPSA) is 80.6 Å². The summed E-state index contributed by atoms with van der Waals surface area (Å²) in [6.45, 7) is 4.06. The molecule has 0 radical (unpaired) electrons. The van der Waals surface area contributed by atoms with E-state index >= 15 is 0 Å². The number of aromatic nitrogens is 1. The second-order valence-electron chi connectivity index (χ2n) is 7.71. The van der Waals surface area contributed by atoms with Crippen molar-refractivity contribution in [3.05, 3.63) is 64.1 Å². The Kier molecular flexibility index (Phi) is 5.38. The molecule has 0 spiro atoms. The molecule has 7 nitrogen and oxygen atoms in total. The van der Waals surface area contributed by atoms with E-state index in [4.69, 9.17) is 4.74 Å². The molecule has 1 fully saturated rings. The molecule has 2 aliphatic heterocycles. The van der Waals surface area contributed by atoms with Crippen LogP contribution in [0.15, 0.2) is 47.3 Å². The van der Waals surface area contributed by atoms with Crippen molar-refractivity contribution >= 4 is 17.7 Å². The molecule has 2 aromatic rings. The summed E-state index contributed by atoms with van der Waals surface area (Å²) < 4.78 is 6.81. The lowest BCUT2D eigenvalue weighted by Crippen LogP contribution is -2.50. The van der Waals surface area contributed by atoms with Gasteiger partial charge in [0.25, 0.3) is 5.56 Å². The van der Waals surface area contributed by atoms with Gasteiger partial charge in [0.1, 0.15) is 0 Å². The highest BCUT2D eigenvalue weighted by atomic mass is 16.5. The van der Waals surface area contributed by atoms with Crippen LogP contribution >= 0.6 is 0 Å². The Morgan fingerprint density at radius 1 is 1.10 bits per heavy atom. The van der Waals surface area contributed by atoms with Gasteiger partial charge in [-0.25, -0.2) is 4.79 Å². The van der Waals surface area contributed by atoms with Crippen molar-refractivity contribution in [3.63, 3.8) is 0 Å². The molecule has 1 saturated heterocycles. The Bertz CT molecular complexity index is 967. The van der Waals surface area contributed by atoms with Crippen LogP contribution in [0.25, 0.3) is 0 Å². The monoisotopic (exact) mass is 395 g/mol. The number of piperidine rings is 1. The first-order valence-corrected chi connectivity index (χ1v) is 10.0. The summed E-state index contributed by atoms with van der Waals surface area (Å²) in [5.74, 6) is 0.219. The van der Waals surface area contributed by atoms with E-state index in [0.29, 0.717) is 37.8 Å². The van der Waals surface area contributed by atoms with Crippen molar-refractivity contribution in [3.8, 4) is 0 Å². The van der Waals surface area contributed by atoms with Crippen LogP contribution in [0.2, 0.25) is 0 Å². The van der Waals surface area contributed by atoms with E-state index < -0.39 is 0 Å². The number of pyridine rings is 1. The van der Waals surface area contributed by atoms with Crippen LogP contribution in [0.3, 0.4) is 0 Å². The first-order valence-electron chi connectivity index (χ1n) is 10.0. The number of urea groups is 1. The zero-order valence-corrected chi connectivity index (χ0v) is 16.5. The summed E-state index contributed by atoms with van der Waals surface area (Å²) in [7, 11) is 0. The molecule has 4 rings (SSSR count). The van der Waals surface area contributed by atoms with Crippen molar-refractivity contribution in [2.45, 2.75) is 32.2 Å². The van der Waals surface area contributed by atoms with Crippen molar-refractivity contribution in [1.29, 1.82) is 0 Å². The third kappa shape index (κ3) is 4.18. The fraction of sp³-hybridized carbons (Fsp3) is 0.409. The number of carbonyl (C=O) groups is 2. The van der Waals surface area contributed by atoms with Crippen LogP contribution in [-0.2, 0) is 22.5 Å². The second-order valence-corrected chi connectivity index (χ2v) is 7.71. The summed E-state index contributed by atoms with van der Waals surface area (Å²) in [6.07, 6.45) is 1.23. The number of carbonyl (C=O) groups excluding carboxylic acids is 2. The summed E-state index contributed by atoms with van der Waals surface area (Å²) in [4.78, 5) is 38.3. The van der Waals surface area contributed by atoms with Crippen molar-refractivity contribution < 1.29 is 14.3 Å². The number of ether oxygens (including phenoxy) is 1. The first kappa shape index (κ1) is 19.2. The minimum atomic E-state index is -0.261. The van der Waals surface area contributed by atoms with E-state index in [1.165, 1.54) is 0 Å². The lowest BCUT2D eigenvalue weighted by Gasteiger charge is -2.42. The number of amides is 2. The molecular weight excluding hydrogens is 370 g/mol. The van der Waals surface area contributed by atoms with Crippen LogP contribution in [0.5, 0.6) is 0 Å². The maximum atomic E-state index is 12.8. The normalized spacial score (nSPS) is 20.0. The van der Waals surface area contributed by atoms with Gasteiger partial charge in [-0.2, -0.15) is 0 Å². The Morgan fingerprint density at radius 3 is 2.66 bits per heavy atom. The van der Waals surface area contributed by atoms with Gasteiger partial charge in [0.15, 0.2) is 0 Å². The first-order chi connectivity index (χ1) is 14.0. The molecule has 0 aliphatic carbocycles. The van der Waals surface area contributed by atoms with Crippen molar-refractivity contribution in [2.75, 3.05) is 25.0 Å². The van der Waals surface area contributed by atoms with Gasteiger partial charge in [0, 0.05) is 43.0 Å². The molecule has 1 N–H and O–H groups in total. The Hall–Kier alpha value is -3.09. The number of hydrogen-bond acceptors (Lipinski definition) is 4. The SMILES string of the molecule is CCOC(=O)Cc1ccc(NC(=O)N2C[C@H]3C[C@@H](C2)c2cccc(=O)n2C3)cc1. The second kappa shape index (κ2) is 8.11. The van der Waals surface area contributed by atoms with E-state index in [1.807, 2.05) is 27.7 Å². The van der Waals surface area contributed by atoms with Crippen LogP contribution in [0.1, 0.15) is 30.5 Å². The molecule has 3 heterocycles. The molecule has 152 valence electrons. The quantitative estimate of drug-likeness (QED) is 0.807. The summed E-state index contributed by atoms with van der Waals surface area (Å²) in [5, 5.41) is 2.94. The fourth-order valence-corrected chi connectivity index (χ4v) is 4.35. The summed E-state index contributed by atoms with van der Waals surface area (Å²) in [6, 6.07) is 12.5. The van der Waals surface area contributed by atoms with E-state index in [1.54, 1.807) is 31.2 Å². The predicted octanol–water partition coefficient (Wildman–Crippen LogP) is 2.61. The standard InChI is InChI=1S/C22H25N3O4/c1-2-29-21(27)11-15-6-8-18(9-7-15)23-22(28)24-12-16-10-17(14-24)19-4-3-5-20(26)25(19)13-16/h3-9,16-17H,2,10-14H2,1H3,(H,23,28)/t16-,17+/m1/s1. The van der Waals surface area contributed by atoms with Gasteiger partial charge in [-0.15, -0.1) is 0 Å². The molecule has 1 aromatic carbocycles. The molecule has 0 unspecified atom stereocenters. The number of benzene rings is 1. The van der Waals surface area contributed by atoms with E-state index in [-0.39, 0.29) is 29.9 Å². The third-order valence-corrected chi connectivity index (χ3v) is 5.63. The largest absolute Gasteiger partial charge is 0.466 e. The number of anilines is 1. The Morgan fingerprint density at radius 2 is 1.90 bits per heavy atom. The Balaban J connectivity index is 1.40. The molecule has 0 saturated carbocycles. The maximum absolute atomic E-state index is 12.8. The van der Waals surface area contributed by atoms with E-state index in [2.05, 4.69) is 5.32 Å². The number of hydrogen-bond donors (Lipinski definition) is 1. The van der Waals surface area contributed by atoms with Gasteiger partial charge >= 0.3 is 12.0 Å². The molecule has 1 aromatic heterocycles. The zero-order chi connectivity index (χ0) is 20.4.